The minimum atomic E-state index is -4.48. The molecular weight excluding hydrogens is 287 g/mol. The minimum absolute atomic E-state index is 0.0310. The Labute approximate surface area is 117 Å². The zero-order valence-corrected chi connectivity index (χ0v) is 10.4. The Bertz CT molecular complexity index is 693. The summed E-state index contributed by atoms with van der Waals surface area (Å²) >= 11 is 0. The van der Waals surface area contributed by atoms with Crippen molar-refractivity contribution in [1.82, 2.24) is 0 Å². The maximum atomic E-state index is 12.4. The number of rotatable bonds is 3. The van der Waals surface area contributed by atoms with Crippen molar-refractivity contribution in [2.75, 3.05) is 0 Å². The molecule has 0 saturated carbocycles. The van der Waals surface area contributed by atoms with Crippen LogP contribution in [0.4, 0.5) is 18.9 Å². The van der Waals surface area contributed by atoms with Crippen molar-refractivity contribution < 1.29 is 22.9 Å². The second-order valence-corrected chi connectivity index (χ2v) is 4.21. The average molecular weight is 295 g/mol. The minimum Gasteiger partial charge on any atom is -0.289 e. The van der Waals surface area contributed by atoms with E-state index in [4.69, 9.17) is 0 Å². The van der Waals surface area contributed by atoms with Gasteiger partial charge in [-0.1, -0.05) is 24.3 Å². The van der Waals surface area contributed by atoms with E-state index in [1.807, 2.05) is 0 Å². The van der Waals surface area contributed by atoms with Crippen LogP contribution in [-0.4, -0.2) is 10.7 Å². The first-order valence-electron chi connectivity index (χ1n) is 5.75. The van der Waals surface area contributed by atoms with Gasteiger partial charge in [-0.15, -0.1) is 0 Å². The number of carbonyl (C=O) groups is 1. The van der Waals surface area contributed by atoms with Crippen molar-refractivity contribution in [3.05, 3.63) is 75.3 Å². The zero-order chi connectivity index (χ0) is 15.6. The van der Waals surface area contributed by atoms with E-state index < -0.39 is 22.4 Å². The molecule has 4 nitrogen and oxygen atoms in total. The number of nitrogens with zero attached hydrogens (tertiary/aromatic N) is 1. The molecule has 7 heteroatoms. The predicted molar refractivity (Wildman–Crippen MR) is 68.0 cm³/mol. The molecule has 0 heterocycles. The average Bonchev–Trinajstić information content (AvgIpc) is 2.46. The first-order valence-corrected chi connectivity index (χ1v) is 5.75. The molecule has 0 radical (unpaired) electrons. The lowest BCUT2D eigenvalue weighted by Crippen LogP contribution is -2.06. The van der Waals surface area contributed by atoms with Crippen molar-refractivity contribution >= 4 is 11.5 Å². The number of carbonyl (C=O) groups excluding carboxylic acids is 1. The second-order valence-electron chi connectivity index (χ2n) is 4.21. The molecule has 0 atom stereocenters. The summed E-state index contributed by atoms with van der Waals surface area (Å²) in [6, 6.07) is 8.70. The van der Waals surface area contributed by atoms with Gasteiger partial charge in [-0.05, 0) is 12.1 Å². The Morgan fingerprint density at radius 1 is 1.00 bits per heavy atom. The summed E-state index contributed by atoms with van der Waals surface area (Å²) in [6.07, 6.45) is -4.48. The summed E-state index contributed by atoms with van der Waals surface area (Å²) in [5.74, 6) is -0.576. The number of nitro benzene ring substituents is 1. The van der Waals surface area contributed by atoms with Crippen LogP contribution in [0.5, 0.6) is 0 Å². The van der Waals surface area contributed by atoms with Gasteiger partial charge in [-0.3, -0.25) is 14.9 Å². The third-order valence-corrected chi connectivity index (χ3v) is 2.79. The largest absolute Gasteiger partial charge is 0.416 e. The number of ketones is 1. The van der Waals surface area contributed by atoms with Crippen molar-refractivity contribution in [3.8, 4) is 0 Å². The Morgan fingerprint density at radius 2 is 1.62 bits per heavy atom. The Kier molecular flexibility index (Phi) is 3.75. The normalized spacial score (nSPS) is 11.2. The van der Waals surface area contributed by atoms with E-state index >= 15 is 0 Å². The van der Waals surface area contributed by atoms with Gasteiger partial charge in [-0.2, -0.15) is 13.2 Å². The molecule has 0 aliphatic heterocycles. The van der Waals surface area contributed by atoms with Gasteiger partial charge in [0.05, 0.1) is 10.5 Å². The molecule has 2 rings (SSSR count). The molecular formula is C14H8F3NO3. The monoisotopic (exact) mass is 295 g/mol. The van der Waals surface area contributed by atoms with Gasteiger partial charge in [0, 0.05) is 23.3 Å². The molecule has 0 bridgehead atoms. The standard InChI is InChI=1S/C14H8F3NO3/c15-14(16,17)11-6-4-9(5-7-11)13(19)10-2-1-3-12(8-10)18(20)21/h1-8H. The highest BCUT2D eigenvalue weighted by atomic mass is 19.4. The highest BCUT2D eigenvalue weighted by molar-refractivity contribution is 6.09. The Hall–Kier alpha value is -2.70. The maximum absolute atomic E-state index is 12.4. The fraction of sp³-hybridized carbons (Fsp3) is 0.0714. The van der Waals surface area contributed by atoms with Crippen LogP contribution in [0, 0.1) is 10.1 Å². The third kappa shape index (κ3) is 3.25. The summed E-state index contributed by atoms with van der Waals surface area (Å²) in [6.45, 7) is 0. The lowest BCUT2D eigenvalue weighted by Gasteiger charge is -2.07. The van der Waals surface area contributed by atoms with Crippen molar-refractivity contribution in [2.45, 2.75) is 6.18 Å². The van der Waals surface area contributed by atoms with Crippen LogP contribution in [0.25, 0.3) is 0 Å². The van der Waals surface area contributed by atoms with E-state index in [9.17, 15) is 28.1 Å². The highest BCUT2D eigenvalue weighted by Crippen LogP contribution is 2.29. The van der Waals surface area contributed by atoms with Gasteiger partial charge >= 0.3 is 6.18 Å². The van der Waals surface area contributed by atoms with Crippen LogP contribution in [-0.2, 0) is 6.18 Å². The molecule has 0 aliphatic rings. The molecule has 0 amide bonds. The fourth-order valence-electron chi connectivity index (χ4n) is 1.74. The van der Waals surface area contributed by atoms with Gasteiger partial charge in [0.15, 0.2) is 5.78 Å². The molecule has 2 aromatic carbocycles. The summed E-state index contributed by atoms with van der Waals surface area (Å²) in [5, 5.41) is 10.6. The lowest BCUT2D eigenvalue weighted by atomic mass is 10.0. The molecule has 21 heavy (non-hydrogen) atoms. The van der Waals surface area contributed by atoms with Gasteiger partial charge in [0.25, 0.3) is 5.69 Å². The van der Waals surface area contributed by atoms with Crippen molar-refractivity contribution in [3.63, 3.8) is 0 Å². The first-order chi connectivity index (χ1) is 9.79. The van der Waals surface area contributed by atoms with Crippen LogP contribution in [0.1, 0.15) is 21.5 Å². The molecule has 0 unspecified atom stereocenters. The van der Waals surface area contributed by atoms with E-state index in [1.54, 1.807) is 0 Å². The smallest absolute Gasteiger partial charge is 0.289 e. The number of benzene rings is 2. The summed E-state index contributed by atoms with van der Waals surface area (Å²) in [5.41, 5.74) is -1.04. The molecule has 0 aliphatic carbocycles. The quantitative estimate of drug-likeness (QED) is 0.491. The molecule has 2 aromatic rings. The topological polar surface area (TPSA) is 60.2 Å². The molecule has 0 spiro atoms. The van der Waals surface area contributed by atoms with E-state index in [1.165, 1.54) is 18.2 Å². The number of halogens is 3. The van der Waals surface area contributed by atoms with Gasteiger partial charge in [0.2, 0.25) is 0 Å². The van der Waals surface area contributed by atoms with Crippen LogP contribution in [0.15, 0.2) is 48.5 Å². The van der Waals surface area contributed by atoms with Gasteiger partial charge < -0.3 is 0 Å². The van der Waals surface area contributed by atoms with E-state index in [2.05, 4.69) is 0 Å². The number of hydrogen-bond donors (Lipinski definition) is 0. The summed E-state index contributed by atoms with van der Waals surface area (Å²) < 4.78 is 37.3. The van der Waals surface area contributed by atoms with Crippen LogP contribution < -0.4 is 0 Å². The highest BCUT2D eigenvalue weighted by Gasteiger charge is 2.30. The maximum Gasteiger partial charge on any atom is 0.416 e. The van der Waals surface area contributed by atoms with E-state index in [-0.39, 0.29) is 16.8 Å². The number of hydrogen-bond acceptors (Lipinski definition) is 3. The predicted octanol–water partition coefficient (Wildman–Crippen LogP) is 3.84. The van der Waals surface area contributed by atoms with Crippen LogP contribution in [0.2, 0.25) is 0 Å². The lowest BCUT2D eigenvalue weighted by molar-refractivity contribution is -0.384. The number of non-ortho nitro benzene ring substituents is 1. The van der Waals surface area contributed by atoms with E-state index in [0.29, 0.717) is 0 Å². The summed E-state index contributed by atoms with van der Waals surface area (Å²) in [4.78, 5) is 22.1. The SMILES string of the molecule is O=C(c1ccc(C(F)(F)F)cc1)c1cccc([N+](=O)[O-])c1. The third-order valence-electron chi connectivity index (χ3n) is 2.79. The molecule has 0 N–H and O–H groups in total. The number of nitro groups is 1. The van der Waals surface area contributed by atoms with Gasteiger partial charge in [-0.25, -0.2) is 0 Å². The Morgan fingerprint density at radius 3 is 2.14 bits per heavy atom. The van der Waals surface area contributed by atoms with Crippen LogP contribution >= 0.6 is 0 Å². The van der Waals surface area contributed by atoms with E-state index in [0.717, 1.165) is 30.3 Å². The fourth-order valence-corrected chi connectivity index (χ4v) is 1.74. The van der Waals surface area contributed by atoms with Crippen LogP contribution in [0.3, 0.4) is 0 Å². The summed E-state index contributed by atoms with van der Waals surface area (Å²) in [7, 11) is 0. The van der Waals surface area contributed by atoms with Crippen molar-refractivity contribution in [2.24, 2.45) is 0 Å². The number of alkyl halides is 3. The van der Waals surface area contributed by atoms with Gasteiger partial charge in [0.1, 0.15) is 0 Å². The molecule has 108 valence electrons. The molecule has 0 aromatic heterocycles. The second kappa shape index (κ2) is 5.35. The first kappa shape index (κ1) is 14.7. The Balaban J connectivity index is 2.32. The zero-order valence-electron chi connectivity index (χ0n) is 10.4. The molecule has 0 saturated heterocycles. The van der Waals surface area contributed by atoms with Crippen molar-refractivity contribution in [1.29, 1.82) is 0 Å². The molecule has 0 fully saturated rings.